The van der Waals surface area contributed by atoms with Crippen molar-refractivity contribution in [2.45, 2.75) is 95.3 Å². The van der Waals surface area contributed by atoms with E-state index in [9.17, 15) is 98.4 Å². The minimum atomic E-state index is -1.68. The SMILES string of the molecule is C[C@H](NC(=O)[C@H](CC(=O)O)CC(=O)CCCNC(=S)Nc1ccc(CCC(C(=O)O)N2CCN(CC(=O)[O-])CCN(CC(=O)[O-])CCN(CC(=O)[O-])CC2)cc1)C(=O)C[C@@H](Cc1cnc[nH]1)C(=O)N[C@@H](CO)C(=O)C[C@@H](Cc1ccccc1)C(=O)N[C@@H](CO)C(=O)O. The Hall–Kier alpha value is -8.66. The van der Waals surface area contributed by atoms with Gasteiger partial charge in [0.2, 0.25) is 17.7 Å². The van der Waals surface area contributed by atoms with E-state index in [0.717, 1.165) is 5.56 Å². The summed E-state index contributed by atoms with van der Waals surface area (Å²) in [4.78, 5) is 165. The summed E-state index contributed by atoms with van der Waals surface area (Å²) in [6, 6.07) is 9.64. The van der Waals surface area contributed by atoms with E-state index >= 15 is 0 Å². The van der Waals surface area contributed by atoms with Crippen LogP contribution in [-0.4, -0.2) is 247 Å². The van der Waals surface area contributed by atoms with Crippen LogP contribution in [0.3, 0.4) is 0 Å². The Labute approximate surface area is 535 Å². The van der Waals surface area contributed by atoms with Gasteiger partial charge in [-0.05, 0) is 68.1 Å². The van der Waals surface area contributed by atoms with Crippen LogP contribution in [0.5, 0.6) is 0 Å². The van der Waals surface area contributed by atoms with Gasteiger partial charge in [0.25, 0.3) is 0 Å². The number of imidazole rings is 1. The van der Waals surface area contributed by atoms with Crippen molar-refractivity contribution in [2.24, 2.45) is 17.8 Å². The van der Waals surface area contributed by atoms with Gasteiger partial charge in [0.1, 0.15) is 23.9 Å². The smallest absolute Gasteiger partial charge is 0.328 e. The second-order valence-electron chi connectivity index (χ2n) is 22.4. The summed E-state index contributed by atoms with van der Waals surface area (Å²) >= 11 is 5.44. The molecular weight excluding hydrogens is 1230 g/mol. The number of ketones is 3. The molecule has 4 rings (SSSR count). The normalized spacial score (nSPS) is 16.0. The topological polar surface area (TPSA) is 477 Å². The monoisotopic (exact) mass is 1310 g/mol. The summed E-state index contributed by atoms with van der Waals surface area (Å²) in [6.45, 7) is -1.16. The number of aliphatic hydroxyl groups excluding tert-OH is 2. The number of hydrogen-bond donors (Lipinski definition) is 11. The standard InChI is InChI=1S/C60H83N11O20S/c1-37(49(75)27-41(25-44-30-61-36-63-44)57(87)66-46(34-72)50(76)28-40(24-39-6-3-2-4-7-39)56(86)67-47(35-73)58(88)89)64-55(85)42(29-51(77)78)26-45(74)8-5-15-62-60(92)65-43-12-9-38(10-13-43)11-14-48(59(90)91)71-22-20-69(32-53(81)82)18-16-68(31-52(79)80)17-19-70(21-23-71)33-54(83)84/h2-4,6-7,9-10,12-13,30,36-37,40-42,46-48,72-73H,5,8,11,14-29,31-35H2,1H3,(H,61,63)(H,64,85)(H,66,87)(H,67,86)(H,77,78)(H,79,80)(H,81,82)(H,83,84)(H,88,89)(H,90,91)(H2,62,65,92)/p-3/t37-,40+,41+,42-,46-,47-,48?/m0/s1. The average molecular weight is 1310 g/mol. The summed E-state index contributed by atoms with van der Waals surface area (Å²) in [5, 5.41) is 97.2. The number of benzene rings is 2. The minimum absolute atomic E-state index is 0.0598. The van der Waals surface area contributed by atoms with Crippen molar-refractivity contribution in [1.29, 1.82) is 0 Å². The molecule has 1 fully saturated rings. The number of carbonyl (C=O) groups is 12. The number of nitrogens with one attached hydrogen (secondary N) is 6. The van der Waals surface area contributed by atoms with Gasteiger partial charge in [-0.1, -0.05) is 42.5 Å². The molecule has 3 amide bonds. The Kier molecular flexibility index (Phi) is 32.6. The van der Waals surface area contributed by atoms with Crippen molar-refractivity contribution in [3.63, 3.8) is 0 Å². The molecule has 504 valence electrons. The van der Waals surface area contributed by atoms with E-state index in [1.54, 1.807) is 59.5 Å². The first-order valence-electron chi connectivity index (χ1n) is 29.8. The van der Waals surface area contributed by atoms with E-state index in [0.29, 0.717) is 16.9 Å². The van der Waals surface area contributed by atoms with Crippen LogP contribution in [0.2, 0.25) is 0 Å². The molecule has 0 saturated carbocycles. The molecule has 92 heavy (non-hydrogen) atoms. The molecule has 11 N–H and O–H groups in total. The first-order valence-corrected chi connectivity index (χ1v) is 30.2. The lowest BCUT2D eigenvalue weighted by Crippen LogP contribution is -2.53. The van der Waals surface area contributed by atoms with Gasteiger partial charge in [0, 0.05) is 134 Å². The molecule has 0 radical (unpaired) electrons. The number of rotatable bonds is 39. The Bertz CT molecular complexity index is 2950. The number of Topliss-reactive ketones (excluding diaryl/α,β-unsaturated/α-hetero) is 3. The molecule has 32 heteroatoms. The van der Waals surface area contributed by atoms with Crippen molar-refractivity contribution in [2.75, 3.05) is 97.1 Å². The third-order valence-electron chi connectivity index (χ3n) is 15.3. The van der Waals surface area contributed by atoms with Gasteiger partial charge in [0.05, 0.1) is 61.7 Å². The number of aryl methyl sites for hydroxylation is 1. The molecule has 1 aliphatic rings. The van der Waals surface area contributed by atoms with Gasteiger partial charge in [-0.15, -0.1) is 0 Å². The Morgan fingerprint density at radius 2 is 1.13 bits per heavy atom. The van der Waals surface area contributed by atoms with E-state index < -0.39 is 171 Å². The predicted octanol–water partition coefficient (Wildman–Crippen LogP) is -5.44. The highest BCUT2D eigenvalue weighted by Gasteiger charge is 2.35. The fourth-order valence-corrected chi connectivity index (χ4v) is 10.4. The van der Waals surface area contributed by atoms with E-state index in [1.807, 2.05) is 0 Å². The number of carbonyl (C=O) groups excluding carboxylic acids is 9. The Morgan fingerprint density at radius 3 is 1.63 bits per heavy atom. The van der Waals surface area contributed by atoms with Gasteiger partial charge >= 0.3 is 17.9 Å². The van der Waals surface area contributed by atoms with Crippen LogP contribution < -0.4 is 41.9 Å². The van der Waals surface area contributed by atoms with Crippen LogP contribution in [0.15, 0.2) is 67.1 Å². The first-order chi connectivity index (χ1) is 43.7. The fraction of sp³-hybridized carbons (Fsp3) is 0.533. The quantitative estimate of drug-likeness (QED) is 0.0188. The number of thiocarbonyl (C=S) groups is 1. The fourth-order valence-electron chi connectivity index (χ4n) is 10.2. The van der Waals surface area contributed by atoms with Crippen LogP contribution in [0, 0.1) is 17.8 Å². The van der Waals surface area contributed by atoms with Gasteiger partial charge in [-0.25, -0.2) is 9.78 Å². The van der Waals surface area contributed by atoms with Crippen LogP contribution >= 0.6 is 12.2 Å². The zero-order valence-electron chi connectivity index (χ0n) is 50.9. The minimum Gasteiger partial charge on any atom is -0.549 e. The lowest BCUT2D eigenvalue weighted by molar-refractivity contribution is -0.308. The molecule has 0 bridgehead atoms. The molecular formula is C60H80N11O20S-3. The zero-order chi connectivity index (χ0) is 67.9. The van der Waals surface area contributed by atoms with Crippen LogP contribution in [0.1, 0.15) is 68.7 Å². The van der Waals surface area contributed by atoms with Crippen LogP contribution in [0.4, 0.5) is 5.69 Å². The highest BCUT2D eigenvalue weighted by molar-refractivity contribution is 7.80. The lowest BCUT2D eigenvalue weighted by atomic mass is 9.90. The molecule has 7 atom stereocenters. The van der Waals surface area contributed by atoms with E-state index in [-0.39, 0.29) is 103 Å². The molecule has 2 aromatic carbocycles. The van der Waals surface area contributed by atoms with Gasteiger partial charge in [0.15, 0.2) is 16.7 Å². The van der Waals surface area contributed by atoms with Crippen molar-refractivity contribution < 1.29 is 98.4 Å². The van der Waals surface area contributed by atoms with Gasteiger partial charge in [-0.2, -0.15) is 0 Å². The highest BCUT2D eigenvalue weighted by atomic mass is 32.1. The average Bonchev–Trinajstić information content (AvgIpc) is 1.64. The van der Waals surface area contributed by atoms with Crippen molar-refractivity contribution in [1.82, 2.24) is 50.8 Å². The lowest BCUT2D eigenvalue weighted by Gasteiger charge is -2.36. The maximum atomic E-state index is 13.9. The molecule has 1 aromatic heterocycles. The number of aromatic amines is 1. The third kappa shape index (κ3) is 28.2. The number of amides is 3. The third-order valence-corrected chi connectivity index (χ3v) is 15.5. The van der Waals surface area contributed by atoms with Crippen LogP contribution in [-0.2, 0) is 76.8 Å². The predicted molar refractivity (Wildman–Crippen MR) is 323 cm³/mol. The van der Waals surface area contributed by atoms with Crippen molar-refractivity contribution >= 4 is 93.9 Å². The number of anilines is 1. The van der Waals surface area contributed by atoms with Crippen LogP contribution in [0.25, 0.3) is 0 Å². The number of aliphatic carboxylic acids is 6. The second kappa shape index (κ2) is 39.6. The maximum Gasteiger partial charge on any atom is 0.328 e. The number of hydrogen-bond acceptors (Lipinski definition) is 23. The number of H-pyrrole nitrogens is 1. The molecule has 0 aliphatic carbocycles. The van der Waals surface area contributed by atoms with Gasteiger partial charge < -0.3 is 86.8 Å². The molecule has 3 aromatic rings. The maximum absolute atomic E-state index is 13.9. The summed E-state index contributed by atoms with van der Waals surface area (Å²) in [6.07, 6.45) is 0.574. The van der Waals surface area contributed by atoms with Crippen molar-refractivity contribution in [3.05, 3.63) is 83.9 Å². The Balaban J connectivity index is 1.29. The number of carboxylic acids is 6. The molecule has 1 aliphatic heterocycles. The first kappa shape index (κ1) is 75.8. The number of carboxylic acid groups (broad SMARTS) is 6. The van der Waals surface area contributed by atoms with Gasteiger partial charge in [-0.3, -0.25) is 58.0 Å². The van der Waals surface area contributed by atoms with E-state index in [2.05, 4.69) is 36.6 Å². The molecule has 1 saturated heterocycles. The number of aliphatic hydroxyl groups is 2. The van der Waals surface area contributed by atoms with E-state index in [1.165, 1.54) is 34.1 Å². The second-order valence-corrected chi connectivity index (χ2v) is 22.8. The van der Waals surface area contributed by atoms with Crippen molar-refractivity contribution in [3.8, 4) is 0 Å². The summed E-state index contributed by atoms with van der Waals surface area (Å²) < 4.78 is 0. The summed E-state index contributed by atoms with van der Waals surface area (Å²) in [7, 11) is 0. The molecule has 31 nitrogen and oxygen atoms in total. The Morgan fingerprint density at radius 1 is 0.609 bits per heavy atom. The molecule has 2 heterocycles. The number of aromatic nitrogens is 2. The largest absolute Gasteiger partial charge is 0.549 e. The summed E-state index contributed by atoms with van der Waals surface area (Å²) in [5.74, 6) is -16.8. The molecule has 0 spiro atoms. The summed E-state index contributed by atoms with van der Waals surface area (Å²) in [5.41, 5.74) is 2.29. The zero-order valence-corrected chi connectivity index (χ0v) is 51.7. The number of nitrogens with zero attached hydrogens (tertiary/aromatic N) is 5. The van der Waals surface area contributed by atoms with E-state index in [4.69, 9.17) is 12.2 Å². The molecule has 1 unspecified atom stereocenters. The highest BCUT2D eigenvalue weighted by Crippen LogP contribution is 2.20.